The van der Waals surface area contributed by atoms with Crippen molar-refractivity contribution < 1.29 is 28.9 Å². The highest BCUT2D eigenvalue weighted by molar-refractivity contribution is 6.32. The van der Waals surface area contributed by atoms with Gasteiger partial charge in [-0.25, -0.2) is 14.4 Å². The molecule has 0 aliphatic carbocycles. The normalized spacial score (nSPS) is 11.9. The standard InChI is InChI=1S/C27H31ClFN3O5/c1-3-18(4-2)24(35)12-22-26(30-16-31-27(22)37-15-21(34)13-33)32-20-8-9-25(23(28)11-20)36-14-17-6-5-7-19(29)10-17/h5-11,16,18,21,33-34H,3-4,12-15H2,1-2H3,(H,30,31,32)/t21-/m1/s1. The summed E-state index contributed by atoms with van der Waals surface area (Å²) in [5, 5.41) is 22.3. The van der Waals surface area contributed by atoms with Crippen molar-refractivity contribution in [3.05, 3.63) is 70.8 Å². The third kappa shape index (κ3) is 8.11. The second-order valence-electron chi connectivity index (χ2n) is 8.50. The topological polar surface area (TPSA) is 114 Å². The van der Waals surface area contributed by atoms with Gasteiger partial charge in [-0.15, -0.1) is 0 Å². The van der Waals surface area contributed by atoms with Gasteiger partial charge in [0.1, 0.15) is 48.8 Å². The molecule has 1 atom stereocenters. The van der Waals surface area contributed by atoms with E-state index in [0.29, 0.717) is 46.2 Å². The van der Waals surface area contributed by atoms with Gasteiger partial charge in [0, 0.05) is 18.0 Å². The summed E-state index contributed by atoms with van der Waals surface area (Å²) in [6, 6.07) is 11.2. The number of nitrogens with zero attached hydrogens (tertiary/aromatic N) is 2. The fourth-order valence-corrected chi connectivity index (χ4v) is 3.93. The lowest BCUT2D eigenvalue weighted by Gasteiger charge is -2.18. The number of aliphatic hydroxyl groups excluding tert-OH is 2. The quantitative estimate of drug-likeness (QED) is 0.270. The zero-order valence-electron chi connectivity index (χ0n) is 20.8. The van der Waals surface area contributed by atoms with E-state index in [-0.39, 0.29) is 43.0 Å². The average molecular weight is 532 g/mol. The SMILES string of the molecule is CCC(CC)C(=O)Cc1c(Nc2ccc(OCc3cccc(F)c3)c(Cl)c2)ncnc1OC[C@H](O)CO. The van der Waals surface area contributed by atoms with Crippen LogP contribution in [-0.4, -0.2) is 45.3 Å². The lowest BCUT2D eigenvalue weighted by molar-refractivity contribution is -0.122. The molecule has 1 heterocycles. The predicted molar refractivity (Wildman–Crippen MR) is 139 cm³/mol. The van der Waals surface area contributed by atoms with Crippen molar-refractivity contribution in [2.24, 2.45) is 5.92 Å². The summed E-state index contributed by atoms with van der Waals surface area (Å²) < 4.78 is 24.8. The van der Waals surface area contributed by atoms with Crippen LogP contribution >= 0.6 is 11.6 Å². The highest BCUT2D eigenvalue weighted by atomic mass is 35.5. The van der Waals surface area contributed by atoms with Crippen LogP contribution in [0.15, 0.2) is 48.8 Å². The van der Waals surface area contributed by atoms with Crippen molar-refractivity contribution in [3.63, 3.8) is 0 Å². The number of halogens is 2. The Labute approximate surface area is 220 Å². The Bertz CT molecular complexity index is 1190. The molecule has 3 N–H and O–H groups in total. The molecule has 0 fully saturated rings. The molecule has 3 rings (SSSR count). The maximum absolute atomic E-state index is 13.4. The molecule has 0 saturated heterocycles. The average Bonchev–Trinajstić information content (AvgIpc) is 2.89. The first kappa shape index (κ1) is 28.3. The monoisotopic (exact) mass is 531 g/mol. The number of ketones is 1. The zero-order chi connectivity index (χ0) is 26.8. The van der Waals surface area contributed by atoms with E-state index < -0.39 is 12.7 Å². The number of hydrogen-bond donors (Lipinski definition) is 3. The third-order valence-electron chi connectivity index (χ3n) is 5.80. The van der Waals surface area contributed by atoms with Crippen LogP contribution < -0.4 is 14.8 Å². The van der Waals surface area contributed by atoms with E-state index in [1.54, 1.807) is 30.3 Å². The number of ether oxygens (including phenoxy) is 2. The number of aliphatic hydroxyl groups is 2. The molecule has 198 valence electrons. The number of carbonyl (C=O) groups excluding carboxylic acids is 1. The molecule has 8 nitrogen and oxygen atoms in total. The van der Waals surface area contributed by atoms with E-state index in [1.807, 2.05) is 13.8 Å². The van der Waals surface area contributed by atoms with E-state index in [9.17, 15) is 14.3 Å². The number of hydrogen-bond acceptors (Lipinski definition) is 8. The molecule has 0 amide bonds. The van der Waals surface area contributed by atoms with E-state index in [4.69, 9.17) is 26.2 Å². The minimum atomic E-state index is -1.09. The minimum absolute atomic E-state index is 0.0227. The first-order valence-electron chi connectivity index (χ1n) is 12.1. The van der Waals surface area contributed by atoms with Crippen LogP contribution in [0.4, 0.5) is 15.9 Å². The molecule has 0 aliphatic heterocycles. The largest absolute Gasteiger partial charge is 0.487 e. The Hall–Kier alpha value is -3.27. The molecule has 37 heavy (non-hydrogen) atoms. The van der Waals surface area contributed by atoms with Crippen molar-refractivity contribution in [2.45, 2.75) is 45.8 Å². The molecule has 3 aromatic rings. The van der Waals surface area contributed by atoms with Crippen molar-refractivity contribution in [1.82, 2.24) is 9.97 Å². The Kier molecular flexibility index (Phi) is 10.6. The summed E-state index contributed by atoms with van der Waals surface area (Å²) in [5.41, 5.74) is 1.69. The Morgan fingerprint density at radius 2 is 1.92 bits per heavy atom. The summed E-state index contributed by atoms with van der Waals surface area (Å²) in [4.78, 5) is 21.4. The molecule has 2 aromatic carbocycles. The van der Waals surface area contributed by atoms with Crippen LogP contribution in [0.25, 0.3) is 0 Å². The fourth-order valence-electron chi connectivity index (χ4n) is 3.70. The molecule has 1 aromatic heterocycles. The summed E-state index contributed by atoms with van der Waals surface area (Å²) in [7, 11) is 0. The highest BCUT2D eigenvalue weighted by Gasteiger charge is 2.22. The summed E-state index contributed by atoms with van der Waals surface area (Å²) in [6.07, 6.45) is 1.64. The molecular weight excluding hydrogens is 501 g/mol. The number of rotatable bonds is 14. The summed E-state index contributed by atoms with van der Waals surface area (Å²) >= 11 is 6.43. The van der Waals surface area contributed by atoms with Gasteiger partial charge in [-0.3, -0.25) is 4.79 Å². The van der Waals surface area contributed by atoms with Crippen molar-refractivity contribution >= 4 is 28.9 Å². The van der Waals surface area contributed by atoms with Gasteiger partial charge in [-0.1, -0.05) is 37.6 Å². The number of benzene rings is 2. The molecule has 10 heteroatoms. The molecular formula is C27H31ClFN3O5. The number of aromatic nitrogens is 2. The fraction of sp³-hybridized carbons (Fsp3) is 0.370. The van der Waals surface area contributed by atoms with Gasteiger partial charge in [0.2, 0.25) is 5.88 Å². The van der Waals surface area contributed by atoms with Crippen LogP contribution in [0, 0.1) is 11.7 Å². The number of carbonyl (C=O) groups is 1. The van der Waals surface area contributed by atoms with E-state index >= 15 is 0 Å². The van der Waals surface area contributed by atoms with Crippen molar-refractivity contribution in [1.29, 1.82) is 0 Å². The number of Topliss-reactive ketones (excluding diaryl/α,β-unsaturated/α-hetero) is 1. The lowest BCUT2D eigenvalue weighted by atomic mass is 9.94. The van der Waals surface area contributed by atoms with E-state index in [1.165, 1.54) is 18.5 Å². The smallest absolute Gasteiger partial charge is 0.222 e. The first-order valence-corrected chi connectivity index (χ1v) is 12.4. The van der Waals surface area contributed by atoms with Crippen LogP contribution in [0.5, 0.6) is 11.6 Å². The number of nitrogens with one attached hydrogen (secondary N) is 1. The van der Waals surface area contributed by atoms with Crippen LogP contribution in [0.1, 0.15) is 37.8 Å². The molecule has 0 spiro atoms. The Balaban J connectivity index is 1.81. The second-order valence-corrected chi connectivity index (χ2v) is 8.91. The Morgan fingerprint density at radius 1 is 1.14 bits per heavy atom. The molecule has 0 saturated carbocycles. The van der Waals surface area contributed by atoms with Crippen LogP contribution in [0.3, 0.4) is 0 Å². The maximum atomic E-state index is 13.4. The zero-order valence-corrected chi connectivity index (χ0v) is 21.5. The molecule has 0 radical (unpaired) electrons. The van der Waals surface area contributed by atoms with Gasteiger partial charge in [0.05, 0.1) is 17.2 Å². The lowest BCUT2D eigenvalue weighted by Crippen LogP contribution is -2.23. The highest BCUT2D eigenvalue weighted by Crippen LogP contribution is 2.32. The van der Waals surface area contributed by atoms with Crippen molar-refractivity contribution in [2.75, 3.05) is 18.5 Å². The maximum Gasteiger partial charge on any atom is 0.222 e. The van der Waals surface area contributed by atoms with Crippen molar-refractivity contribution in [3.8, 4) is 11.6 Å². The predicted octanol–water partition coefficient (Wildman–Crippen LogP) is 4.87. The van der Waals surface area contributed by atoms with Gasteiger partial charge in [0.15, 0.2) is 0 Å². The van der Waals surface area contributed by atoms with Gasteiger partial charge >= 0.3 is 0 Å². The van der Waals surface area contributed by atoms with Crippen LogP contribution in [-0.2, 0) is 17.8 Å². The van der Waals surface area contributed by atoms with Gasteiger partial charge < -0.3 is 25.0 Å². The third-order valence-corrected chi connectivity index (χ3v) is 6.09. The minimum Gasteiger partial charge on any atom is -0.487 e. The Morgan fingerprint density at radius 3 is 2.59 bits per heavy atom. The van der Waals surface area contributed by atoms with Gasteiger partial charge in [-0.05, 0) is 48.7 Å². The first-order chi connectivity index (χ1) is 17.8. The van der Waals surface area contributed by atoms with Gasteiger partial charge in [-0.2, -0.15) is 0 Å². The van der Waals surface area contributed by atoms with E-state index in [0.717, 1.165) is 0 Å². The second kappa shape index (κ2) is 13.9. The molecule has 0 bridgehead atoms. The molecule has 0 unspecified atom stereocenters. The summed E-state index contributed by atoms with van der Waals surface area (Å²) in [6.45, 7) is 3.41. The number of anilines is 2. The van der Waals surface area contributed by atoms with Gasteiger partial charge in [0.25, 0.3) is 0 Å². The molecule has 0 aliphatic rings. The van der Waals surface area contributed by atoms with E-state index in [2.05, 4.69) is 15.3 Å². The summed E-state index contributed by atoms with van der Waals surface area (Å²) in [5.74, 6) is 0.481. The van der Waals surface area contributed by atoms with Crippen LogP contribution in [0.2, 0.25) is 5.02 Å².